The van der Waals surface area contributed by atoms with Crippen molar-refractivity contribution in [3.63, 3.8) is 0 Å². The quantitative estimate of drug-likeness (QED) is 0.683. The molecular formula is C22H26ClN3O4S. The van der Waals surface area contributed by atoms with Gasteiger partial charge in [-0.1, -0.05) is 23.7 Å². The molecule has 0 fully saturated rings. The Balaban J connectivity index is 1.61. The highest BCUT2D eigenvalue weighted by Gasteiger charge is 2.31. The Kier molecular flexibility index (Phi) is 7.03. The predicted octanol–water partition coefficient (Wildman–Crippen LogP) is 2.62. The predicted molar refractivity (Wildman–Crippen MR) is 121 cm³/mol. The van der Waals surface area contributed by atoms with Crippen LogP contribution >= 0.6 is 11.6 Å². The Labute approximate surface area is 188 Å². The molecule has 0 spiro atoms. The number of nitrogens with zero attached hydrogens (tertiary/aromatic N) is 2. The number of nitrogens with one attached hydrogen (secondary N) is 1. The van der Waals surface area contributed by atoms with Gasteiger partial charge in [0, 0.05) is 37.3 Å². The van der Waals surface area contributed by atoms with Gasteiger partial charge in [0.2, 0.25) is 21.8 Å². The molecule has 166 valence electrons. The van der Waals surface area contributed by atoms with Gasteiger partial charge in [-0.15, -0.1) is 0 Å². The smallest absolute Gasteiger partial charge is 0.243 e. The van der Waals surface area contributed by atoms with Crippen molar-refractivity contribution in [2.45, 2.75) is 37.6 Å². The van der Waals surface area contributed by atoms with Crippen LogP contribution in [-0.4, -0.2) is 50.7 Å². The molecule has 0 unspecified atom stereocenters. The van der Waals surface area contributed by atoms with Crippen LogP contribution in [0, 0.1) is 0 Å². The summed E-state index contributed by atoms with van der Waals surface area (Å²) in [5.41, 5.74) is 2.57. The van der Waals surface area contributed by atoms with E-state index in [0.29, 0.717) is 24.4 Å². The first kappa shape index (κ1) is 23.2. The fourth-order valence-electron chi connectivity index (χ4n) is 3.77. The molecule has 1 heterocycles. The molecule has 0 saturated heterocycles. The molecule has 1 aliphatic rings. The standard InChI is InChI=1S/C22H26ClN3O4S/c1-15-12-18-13-20(8-9-21(18)26(15)16(2)27)31(29,30)25(3)14-22(28)24-11-10-17-4-6-19(23)7-5-17/h4-9,13,15H,10-12,14H2,1-3H3,(H,24,28)/t15-/m0/s1. The number of hydrogen-bond donors (Lipinski definition) is 1. The van der Waals surface area contributed by atoms with Gasteiger partial charge in [0.1, 0.15) is 0 Å². The van der Waals surface area contributed by atoms with E-state index in [-0.39, 0.29) is 29.3 Å². The monoisotopic (exact) mass is 463 g/mol. The number of amides is 2. The summed E-state index contributed by atoms with van der Waals surface area (Å²) in [5, 5.41) is 3.39. The number of benzene rings is 2. The molecule has 7 nitrogen and oxygen atoms in total. The first-order valence-corrected chi connectivity index (χ1v) is 11.8. The lowest BCUT2D eigenvalue weighted by atomic mass is 10.1. The topological polar surface area (TPSA) is 86.8 Å². The zero-order chi connectivity index (χ0) is 22.8. The molecular weight excluding hydrogens is 438 g/mol. The summed E-state index contributed by atoms with van der Waals surface area (Å²) in [6.07, 6.45) is 1.21. The summed E-state index contributed by atoms with van der Waals surface area (Å²) in [6, 6.07) is 12.1. The zero-order valence-corrected chi connectivity index (χ0v) is 19.3. The van der Waals surface area contributed by atoms with Gasteiger partial charge in [-0.2, -0.15) is 4.31 Å². The lowest BCUT2D eigenvalue weighted by molar-refractivity contribution is -0.121. The van der Waals surface area contributed by atoms with Crippen molar-refractivity contribution >= 4 is 39.1 Å². The van der Waals surface area contributed by atoms with E-state index < -0.39 is 10.0 Å². The van der Waals surface area contributed by atoms with Crippen LogP contribution in [0.3, 0.4) is 0 Å². The van der Waals surface area contributed by atoms with Crippen LogP contribution in [0.15, 0.2) is 47.4 Å². The fourth-order valence-corrected chi connectivity index (χ4v) is 5.07. The maximum Gasteiger partial charge on any atom is 0.243 e. The second-order valence-electron chi connectivity index (χ2n) is 7.72. The number of anilines is 1. The summed E-state index contributed by atoms with van der Waals surface area (Å²) >= 11 is 5.86. The maximum atomic E-state index is 12.9. The van der Waals surface area contributed by atoms with Gasteiger partial charge in [-0.25, -0.2) is 8.42 Å². The summed E-state index contributed by atoms with van der Waals surface area (Å²) < 4.78 is 26.9. The summed E-state index contributed by atoms with van der Waals surface area (Å²) in [4.78, 5) is 25.9. The molecule has 31 heavy (non-hydrogen) atoms. The van der Waals surface area contributed by atoms with Gasteiger partial charge in [0.15, 0.2) is 0 Å². The van der Waals surface area contributed by atoms with Crippen LogP contribution in [-0.2, 0) is 32.5 Å². The van der Waals surface area contributed by atoms with Crippen molar-refractivity contribution in [1.29, 1.82) is 0 Å². The van der Waals surface area contributed by atoms with Crippen LogP contribution in [0.2, 0.25) is 5.02 Å². The minimum Gasteiger partial charge on any atom is -0.355 e. The Morgan fingerprint density at radius 3 is 2.52 bits per heavy atom. The van der Waals surface area contributed by atoms with E-state index in [2.05, 4.69) is 5.32 Å². The van der Waals surface area contributed by atoms with E-state index in [4.69, 9.17) is 11.6 Å². The molecule has 0 aliphatic carbocycles. The van der Waals surface area contributed by atoms with Gasteiger partial charge in [0.05, 0.1) is 11.4 Å². The van der Waals surface area contributed by atoms with Crippen LogP contribution in [0.1, 0.15) is 25.0 Å². The molecule has 1 atom stereocenters. The average molecular weight is 464 g/mol. The normalized spacial score (nSPS) is 15.8. The van der Waals surface area contributed by atoms with Crippen LogP contribution in [0.25, 0.3) is 0 Å². The van der Waals surface area contributed by atoms with Crippen LogP contribution in [0.4, 0.5) is 5.69 Å². The highest BCUT2D eigenvalue weighted by molar-refractivity contribution is 7.89. The first-order chi connectivity index (χ1) is 14.6. The first-order valence-electron chi connectivity index (χ1n) is 10.00. The average Bonchev–Trinajstić information content (AvgIpc) is 3.04. The number of fused-ring (bicyclic) bond motifs is 1. The lowest BCUT2D eigenvalue weighted by Gasteiger charge is -2.21. The number of hydrogen-bond acceptors (Lipinski definition) is 4. The van der Waals surface area contributed by atoms with Crippen LogP contribution in [0.5, 0.6) is 0 Å². The van der Waals surface area contributed by atoms with Crippen molar-refractivity contribution in [3.8, 4) is 0 Å². The van der Waals surface area contributed by atoms with Crippen molar-refractivity contribution in [2.75, 3.05) is 25.0 Å². The highest BCUT2D eigenvalue weighted by atomic mass is 35.5. The number of rotatable bonds is 7. The van der Waals surface area contributed by atoms with E-state index in [9.17, 15) is 18.0 Å². The van der Waals surface area contributed by atoms with E-state index in [1.165, 1.54) is 20.0 Å². The van der Waals surface area contributed by atoms with Gasteiger partial charge < -0.3 is 10.2 Å². The van der Waals surface area contributed by atoms with Crippen molar-refractivity contribution in [3.05, 3.63) is 58.6 Å². The fraction of sp³-hybridized carbons (Fsp3) is 0.364. The third kappa shape index (κ3) is 5.26. The third-order valence-corrected chi connectivity index (χ3v) is 7.38. The van der Waals surface area contributed by atoms with Crippen molar-refractivity contribution in [2.24, 2.45) is 0 Å². The molecule has 2 aromatic rings. The highest BCUT2D eigenvalue weighted by Crippen LogP contribution is 2.34. The van der Waals surface area contributed by atoms with Crippen molar-refractivity contribution in [1.82, 2.24) is 9.62 Å². The molecule has 0 bridgehead atoms. The molecule has 0 aromatic heterocycles. The zero-order valence-electron chi connectivity index (χ0n) is 17.8. The molecule has 2 aromatic carbocycles. The van der Waals surface area contributed by atoms with Crippen LogP contribution < -0.4 is 10.2 Å². The molecule has 0 radical (unpaired) electrons. The molecule has 1 aliphatic heterocycles. The molecule has 9 heteroatoms. The number of halogens is 1. The second-order valence-corrected chi connectivity index (χ2v) is 10.2. The molecule has 0 saturated carbocycles. The van der Waals surface area contributed by atoms with E-state index in [0.717, 1.165) is 21.1 Å². The molecule has 1 N–H and O–H groups in total. The Morgan fingerprint density at radius 1 is 1.19 bits per heavy atom. The largest absolute Gasteiger partial charge is 0.355 e. The number of sulfonamides is 1. The van der Waals surface area contributed by atoms with Gasteiger partial charge in [0.25, 0.3) is 0 Å². The summed E-state index contributed by atoms with van der Waals surface area (Å²) in [6.45, 7) is 3.54. The SMILES string of the molecule is CC(=O)N1c2ccc(S(=O)(=O)N(C)CC(=O)NCCc3ccc(Cl)cc3)cc2C[C@@H]1C. The Hall–Kier alpha value is -2.42. The van der Waals surface area contributed by atoms with Crippen molar-refractivity contribution < 1.29 is 18.0 Å². The van der Waals surface area contributed by atoms with E-state index >= 15 is 0 Å². The maximum absolute atomic E-state index is 12.9. The van der Waals surface area contributed by atoms with E-state index in [1.54, 1.807) is 29.2 Å². The van der Waals surface area contributed by atoms with Gasteiger partial charge >= 0.3 is 0 Å². The minimum atomic E-state index is -3.84. The lowest BCUT2D eigenvalue weighted by Crippen LogP contribution is -2.39. The third-order valence-electron chi connectivity index (χ3n) is 5.33. The number of carbonyl (C=O) groups is 2. The second kappa shape index (κ2) is 9.38. The summed E-state index contributed by atoms with van der Waals surface area (Å²) in [7, 11) is -2.46. The number of likely N-dealkylation sites (N-methyl/N-ethyl adjacent to an activating group) is 1. The van der Waals surface area contributed by atoms with E-state index in [1.807, 2.05) is 19.1 Å². The van der Waals surface area contributed by atoms with Gasteiger partial charge in [-0.3, -0.25) is 9.59 Å². The number of carbonyl (C=O) groups excluding carboxylic acids is 2. The Morgan fingerprint density at radius 2 is 1.87 bits per heavy atom. The summed E-state index contributed by atoms with van der Waals surface area (Å²) in [5.74, 6) is -0.452. The molecule has 2 amide bonds. The Bertz CT molecular complexity index is 1090. The van der Waals surface area contributed by atoms with Gasteiger partial charge in [-0.05, 0) is 61.2 Å². The molecule has 3 rings (SSSR count). The minimum absolute atomic E-state index is 0.0189.